The van der Waals surface area contributed by atoms with Crippen LogP contribution in [0, 0.1) is 0 Å². The predicted octanol–water partition coefficient (Wildman–Crippen LogP) is 2.63. The zero-order chi connectivity index (χ0) is 11.4. The topological polar surface area (TPSA) is 47.9 Å². The predicted molar refractivity (Wildman–Crippen MR) is 60.8 cm³/mol. The van der Waals surface area contributed by atoms with Crippen molar-refractivity contribution in [3.63, 3.8) is 0 Å². The molecule has 0 aliphatic carbocycles. The molecule has 0 spiro atoms. The molecule has 4 nitrogen and oxygen atoms in total. The summed E-state index contributed by atoms with van der Waals surface area (Å²) in [6.07, 6.45) is -0.701. The molecule has 0 bridgehead atoms. The number of hydrogen-bond acceptors (Lipinski definition) is 5. The van der Waals surface area contributed by atoms with Gasteiger partial charge < -0.3 is 14.0 Å². The fourth-order valence-electron chi connectivity index (χ4n) is 1.59. The maximum absolute atomic E-state index is 8.60. The zero-order valence-corrected chi connectivity index (χ0v) is 9.72. The minimum atomic E-state index is -0.347. The first-order chi connectivity index (χ1) is 7.81. The molecule has 0 saturated carbocycles. The van der Waals surface area contributed by atoms with Gasteiger partial charge in [0.15, 0.2) is 18.6 Å². The van der Waals surface area contributed by atoms with Crippen LogP contribution in [0.25, 0.3) is 0 Å². The minimum Gasteiger partial charge on any atom is -0.346 e. The summed E-state index contributed by atoms with van der Waals surface area (Å²) >= 11 is 0.349. The van der Waals surface area contributed by atoms with Crippen molar-refractivity contribution in [3.8, 4) is 0 Å². The third kappa shape index (κ3) is 2.75. The highest BCUT2D eigenvalue weighted by Gasteiger charge is 2.30. The van der Waals surface area contributed by atoms with Crippen LogP contribution in [0.15, 0.2) is 30.3 Å². The van der Waals surface area contributed by atoms with Gasteiger partial charge in [-0.2, -0.15) is 0 Å². The highest BCUT2D eigenvalue weighted by atomic mass is 32.2. The molecule has 1 aliphatic rings. The Morgan fingerprint density at radius 3 is 2.75 bits per heavy atom. The molecule has 0 amide bonds. The molecular formula is C11H14O4S. The fourth-order valence-corrected chi connectivity index (χ4v) is 1.91. The maximum Gasteiger partial charge on any atom is 0.184 e. The first kappa shape index (κ1) is 11.9. The minimum absolute atomic E-state index is 0.112. The quantitative estimate of drug-likeness (QED) is 0.826. The molecule has 1 N–H and O–H groups in total. The molecule has 1 fully saturated rings. The van der Waals surface area contributed by atoms with E-state index in [1.807, 2.05) is 37.3 Å². The van der Waals surface area contributed by atoms with E-state index >= 15 is 0 Å². The van der Waals surface area contributed by atoms with Gasteiger partial charge in [-0.1, -0.05) is 30.3 Å². The van der Waals surface area contributed by atoms with Gasteiger partial charge in [0.05, 0.1) is 12.7 Å². The molecule has 3 atom stereocenters. The van der Waals surface area contributed by atoms with Crippen LogP contribution in [0.3, 0.4) is 0 Å². The van der Waals surface area contributed by atoms with E-state index in [2.05, 4.69) is 0 Å². The molecule has 5 heteroatoms. The van der Waals surface area contributed by atoms with Crippen LogP contribution in [0.1, 0.15) is 18.8 Å². The third-order valence-corrected chi connectivity index (χ3v) is 2.85. The van der Waals surface area contributed by atoms with Gasteiger partial charge in [-0.05, 0) is 6.92 Å². The Morgan fingerprint density at radius 2 is 2.12 bits per heavy atom. The summed E-state index contributed by atoms with van der Waals surface area (Å²) in [6.45, 7) is 2.31. The van der Waals surface area contributed by atoms with Gasteiger partial charge in [0.1, 0.15) is 6.10 Å². The zero-order valence-electron chi connectivity index (χ0n) is 8.91. The molecule has 0 aromatic heterocycles. The van der Waals surface area contributed by atoms with Crippen molar-refractivity contribution in [2.24, 2.45) is 0 Å². The van der Waals surface area contributed by atoms with Gasteiger partial charge >= 0.3 is 0 Å². The van der Waals surface area contributed by atoms with E-state index in [0.29, 0.717) is 18.9 Å². The normalized spacial score (nSPS) is 30.2. The highest BCUT2D eigenvalue weighted by Crippen LogP contribution is 2.28. The van der Waals surface area contributed by atoms with Crippen LogP contribution < -0.4 is 0 Å². The van der Waals surface area contributed by atoms with Crippen LogP contribution in [-0.2, 0) is 13.7 Å². The molecule has 1 aliphatic heterocycles. The maximum atomic E-state index is 8.60. The molecule has 88 valence electrons. The van der Waals surface area contributed by atoms with Gasteiger partial charge in [0.25, 0.3) is 0 Å². The third-order valence-electron chi connectivity index (χ3n) is 2.51. The summed E-state index contributed by atoms with van der Waals surface area (Å²) in [6, 6.07) is 9.75. The first-order valence-electron chi connectivity index (χ1n) is 5.10. The summed E-state index contributed by atoms with van der Waals surface area (Å²) in [4.78, 5) is 0. The van der Waals surface area contributed by atoms with Crippen molar-refractivity contribution in [2.45, 2.75) is 25.4 Å². The van der Waals surface area contributed by atoms with Crippen LogP contribution in [-0.4, -0.2) is 23.4 Å². The molecular weight excluding hydrogens is 228 g/mol. The molecule has 0 radical (unpaired) electrons. The molecule has 1 aromatic carbocycles. The Morgan fingerprint density at radius 1 is 1.38 bits per heavy atom. The van der Waals surface area contributed by atoms with Crippen molar-refractivity contribution in [1.29, 1.82) is 0 Å². The molecule has 1 heterocycles. The van der Waals surface area contributed by atoms with E-state index in [0.717, 1.165) is 5.56 Å². The van der Waals surface area contributed by atoms with Crippen LogP contribution in [0.4, 0.5) is 0 Å². The molecule has 1 aromatic rings. The van der Waals surface area contributed by atoms with E-state index in [1.54, 1.807) is 0 Å². The molecule has 16 heavy (non-hydrogen) atoms. The largest absolute Gasteiger partial charge is 0.346 e. The number of ether oxygens (including phenoxy) is 2. The van der Waals surface area contributed by atoms with Gasteiger partial charge in [-0.25, -0.2) is 0 Å². The Hall–Kier alpha value is -0.590. The Kier molecular flexibility index (Phi) is 4.20. The van der Waals surface area contributed by atoms with E-state index in [9.17, 15) is 0 Å². The van der Waals surface area contributed by atoms with E-state index in [4.69, 9.17) is 18.2 Å². The summed E-state index contributed by atoms with van der Waals surface area (Å²) in [5.41, 5.74) is 0.990. The van der Waals surface area contributed by atoms with Gasteiger partial charge in [-0.3, -0.25) is 4.18 Å². The summed E-state index contributed by atoms with van der Waals surface area (Å²) < 4.78 is 24.8. The molecule has 2 rings (SSSR count). The lowest BCUT2D eigenvalue weighted by atomic mass is 10.1. The fraction of sp³-hybridized carbons (Fsp3) is 0.455. The Bertz CT molecular complexity index is 319. The Labute approximate surface area is 98.9 Å². The average molecular weight is 242 g/mol. The molecule has 1 saturated heterocycles. The monoisotopic (exact) mass is 242 g/mol. The summed E-state index contributed by atoms with van der Waals surface area (Å²) in [7, 11) is 0. The van der Waals surface area contributed by atoms with Crippen molar-refractivity contribution >= 4 is 12.3 Å². The summed E-state index contributed by atoms with van der Waals surface area (Å²) in [5, 5.41) is 0. The number of hydrogen-bond donors (Lipinski definition) is 1. The Balaban J connectivity index is 1.97. The lowest BCUT2D eigenvalue weighted by Crippen LogP contribution is -2.39. The second-order valence-corrected chi connectivity index (χ2v) is 3.97. The van der Waals surface area contributed by atoms with Crippen LogP contribution in [0.5, 0.6) is 0 Å². The van der Waals surface area contributed by atoms with Crippen LogP contribution in [0.2, 0.25) is 0 Å². The average Bonchev–Trinajstić information content (AvgIpc) is 2.33. The van der Waals surface area contributed by atoms with E-state index in [1.165, 1.54) is 0 Å². The van der Waals surface area contributed by atoms with Crippen molar-refractivity contribution in [1.82, 2.24) is 0 Å². The van der Waals surface area contributed by atoms with E-state index in [-0.39, 0.29) is 18.5 Å². The molecule has 1 unspecified atom stereocenters. The highest BCUT2D eigenvalue weighted by molar-refractivity contribution is 7.88. The van der Waals surface area contributed by atoms with Crippen LogP contribution >= 0.6 is 12.3 Å². The van der Waals surface area contributed by atoms with Crippen molar-refractivity contribution in [3.05, 3.63) is 35.9 Å². The lowest BCUT2D eigenvalue weighted by molar-refractivity contribution is -0.245. The number of benzene rings is 1. The lowest BCUT2D eigenvalue weighted by Gasteiger charge is -2.33. The van der Waals surface area contributed by atoms with E-state index < -0.39 is 0 Å². The second-order valence-electron chi connectivity index (χ2n) is 3.63. The van der Waals surface area contributed by atoms with Gasteiger partial charge in [0, 0.05) is 5.56 Å². The number of rotatable bonds is 3. The van der Waals surface area contributed by atoms with Gasteiger partial charge in [-0.15, -0.1) is 0 Å². The SMILES string of the molecule is C[C@H]1OC(c2ccccc2)OC[C@@H]1OSO. The first-order valence-corrected chi connectivity index (χ1v) is 5.80. The van der Waals surface area contributed by atoms with Crippen molar-refractivity contribution in [2.75, 3.05) is 6.61 Å². The summed E-state index contributed by atoms with van der Waals surface area (Å²) in [5.74, 6) is 0. The second kappa shape index (κ2) is 5.65. The van der Waals surface area contributed by atoms with Gasteiger partial charge in [0.2, 0.25) is 0 Å². The smallest absolute Gasteiger partial charge is 0.184 e. The standard InChI is InChI=1S/C11H14O4S/c1-8-10(15-16-12)7-13-11(14-8)9-5-3-2-4-6-9/h2-6,8,10-12H,7H2,1H3/t8-,10+,11?/m1/s1. The van der Waals surface area contributed by atoms with Crippen molar-refractivity contribution < 1.29 is 18.2 Å².